The molecule has 0 N–H and O–H groups in total. The number of hydrogen-bond acceptors (Lipinski definition) is 5. The van der Waals surface area contributed by atoms with Gasteiger partial charge in [-0.2, -0.15) is 4.99 Å². The van der Waals surface area contributed by atoms with Gasteiger partial charge in [0.25, 0.3) is 0 Å². The number of carbonyl (C=O) groups excluding carboxylic acids is 1. The van der Waals surface area contributed by atoms with E-state index in [2.05, 4.69) is 4.99 Å². The maximum Gasteiger partial charge on any atom is 0.247 e. The van der Waals surface area contributed by atoms with E-state index < -0.39 is 9.84 Å². The van der Waals surface area contributed by atoms with E-state index in [9.17, 15) is 13.2 Å². The number of aliphatic imine (C=N–C) groups is 1. The molecule has 2 aliphatic rings. The number of methoxy groups -OCH3 is 1. The quantitative estimate of drug-likeness (QED) is 0.805. The summed E-state index contributed by atoms with van der Waals surface area (Å²) in [6.45, 7) is 2.28. The maximum absolute atomic E-state index is 12.0. The van der Waals surface area contributed by atoms with Crippen molar-refractivity contribution < 1.29 is 17.9 Å². The molecule has 0 radical (unpaired) electrons. The van der Waals surface area contributed by atoms with Crippen LogP contribution in [0.3, 0.4) is 0 Å². The van der Waals surface area contributed by atoms with Gasteiger partial charge < -0.3 is 9.64 Å². The number of nitrogens with zero attached hydrogens (tertiary/aromatic N) is 2. The Hall–Kier alpha value is -1.54. The number of amidine groups is 1. The first kappa shape index (κ1) is 17.3. The number of thioether (sulfide) groups is 1. The molecule has 2 atom stereocenters. The van der Waals surface area contributed by atoms with Crippen LogP contribution in [0.25, 0.3) is 0 Å². The van der Waals surface area contributed by atoms with Gasteiger partial charge in [0.15, 0.2) is 15.0 Å². The van der Waals surface area contributed by atoms with Crippen LogP contribution in [0.5, 0.6) is 5.75 Å². The molecule has 2 heterocycles. The zero-order chi connectivity index (χ0) is 17.3. The summed E-state index contributed by atoms with van der Waals surface area (Å²) >= 11 is 1.41. The average molecular weight is 368 g/mol. The molecule has 1 amide bonds. The Labute approximate surface area is 146 Å². The van der Waals surface area contributed by atoms with Crippen LogP contribution in [0, 0.1) is 0 Å². The summed E-state index contributed by atoms with van der Waals surface area (Å²) in [5.41, 5.74) is 0.997. The molecule has 0 saturated carbocycles. The minimum absolute atomic E-state index is 0.0518. The van der Waals surface area contributed by atoms with Crippen molar-refractivity contribution in [3.63, 3.8) is 0 Å². The van der Waals surface area contributed by atoms with E-state index in [-0.39, 0.29) is 28.7 Å². The number of benzene rings is 1. The van der Waals surface area contributed by atoms with E-state index in [1.165, 1.54) is 11.8 Å². The van der Waals surface area contributed by atoms with Gasteiger partial charge in [-0.25, -0.2) is 8.42 Å². The number of ether oxygens (including phenoxy) is 1. The van der Waals surface area contributed by atoms with Gasteiger partial charge in [0, 0.05) is 18.2 Å². The lowest BCUT2D eigenvalue weighted by Gasteiger charge is -2.24. The summed E-state index contributed by atoms with van der Waals surface area (Å²) in [5, 5.41) is 0.582. The van der Waals surface area contributed by atoms with Crippen LogP contribution in [0.15, 0.2) is 29.3 Å². The zero-order valence-electron chi connectivity index (χ0n) is 13.6. The Bertz CT molecular complexity index is 776. The van der Waals surface area contributed by atoms with Crippen LogP contribution in [-0.2, 0) is 21.2 Å². The molecule has 0 aliphatic carbocycles. The molecule has 2 saturated heterocycles. The Morgan fingerprint density at radius 1 is 1.42 bits per heavy atom. The van der Waals surface area contributed by atoms with Gasteiger partial charge in [0.1, 0.15) is 5.75 Å². The molecule has 6 nitrogen and oxygen atoms in total. The maximum atomic E-state index is 12.0. The molecule has 8 heteroatoms. The number of carbonyl (C=O) groups is 1. The van der Waals surface area contributed by atoms with E-state index in [1.54, 1.807) is 14.0 Å². The summed E-state index contributed by atoms with van der Waals surface area (Å²) < 4.78 is 29.2. The second-order valence-corrected chi connectivity index (χ2v) is 9.28. The SMILES string of the molecule is CCC(=O)N=C1S[C@@H]2CS(=O)(=O)C[C@@H]2N1Cc1cccc(OC)c1. The predicted octanol–water partition coefficient (Wildman–Crippen LogP) is 1.70. The lowest BCUT2D eigenvalue weighted by atomic mass is 10.1. The van der Waals surface area contributed by atoms with Crippen molar-refractivity contribution in [1.29, 1.82) is 0 Å². The molecule has 0 spiro atoms. The first-order valence-electron chi connectivity index (χ1n) is 7.80. The summed E-state index contributed by atoms with van der Waals surface area (Å²) in [4.78, 5) is 17.9. The molecule has 1 aromatic carbocycles. The van der Waals surface area contributed by atoms with Crippen LogP contribution in [0.4, 0.5) is 0 Å². The Kier molecular flexibility index (Phi) is 4.87. The van der Waals surface area contributed by atoms with Crippen molar-refractivity contribution in [3.05, 3.63) is 29.8 Å². The molecule has 1 aromatic rings. The zero-order valence-corrected chi connectivity index (χ0v) is 15.3. The van der Waals surface area contributed by atoms with Crippen LogP contribution in [0.2, 0.25) is 0 Å². The molecule has 130 valence electrons. The number of sulfone groups is 1. The topological polar surface area (TPSA) is 76.0 Å². The van der Waals surface area contributed by atoms with Crippen LogP contribution in [-0.4, -0.2) is 54.3 Å². The summed E-state index contributed by atoms with van der Waals surface area (Å²) in [5.74, 6) is 0.832. The van der Waals surface area contributed by atoms with E-state index in [0.717, 1.165) is 11.3 Å². The van der Waals surface area contributed by atoms with Crippen LogP contribution < -0.4 is 4.74 Å². The Balaban J connectivity index is 1.89. The van der Waals surface area contributed by atoms with E-state index in [4.69, 9.17) is 4.74 Å². The van der Waals surface area contributed by atoms with Gasteiger partial charge in [-0.1, -0.05) is 30.8 Å². The molecule has 0 bridgehead atoms. The fourth-order valence-corrected chi connectivity index (χ4v) is 6.94. The fraction of sp³-hybridized carbons (Fsp3) is 0.500. The second kappa shape index (κ2) is 6.76. The first-order chi connectivity index (χ1) is 11.4. The van der Waals surface area contributed by atoms with Crippen molar-refractivity contribution in [1.82, 2.24) is 4.90 Å². The summed E-state index contributed by atoms with van der Waals surface area (Å²) in [6, 6.07) is 7.51. The number of hydrogen-bond donors (Lipinski definition) is 0. The Morgan fingerprint density at radius 3 is 2.92 bits per heavy atom. The van der Waals surface area contributed by atoms with Gasteiger partial charge in [0.05, 0.1) is 24.7 Å². The Morgan fingerprint density at radius 2 is 2.21 bits per heavy atom. The molecular formula is C16H20N2O4S2. The standard InChI is InChI=1S/C16H20N2O4S2/c1-3-15(19)17-16-18(8-11-5-4-6-12(7-11)22-2)13-9-24(20,21)10-14(13)23-16/h4-7,13-14H,3,8-10H2,1-2H3/t13-,14+/m0/s1. The normalized spacial score (nSPS) is 26.6. The third-order valence-corrected chi connectivity index (χ3v) is 7.43. The van der Waals surface area contributed by atoms with E-state index >= 15 is 0 Å². The summed E-state index contributed by atoms with van der Waals surface area (Å²) in [7, 11) is -1.42. The van der Waals surface area contributed by atoms with Crippen molar-refractivity contribution in [2.24, 2.45) is 4.99 Å². The van der Waals surface area contributed by atoms with Gasteiger partial charge >= 0.3 is 0 Å². The molecule has 24 heavy (non-hydrogen) atoms. The molecule has 0 unspecified atom stereocenters. The van der Waals surface area contributed by atoms with Crippen molar-refractivity contribution in [2.45, 2.75) is 31.2 Å². The van der Waals surface area contributed by atoms with E-state index in [0.29, 0.717) is 18.1 Å². The van der Waals surface area contributed by atoms with Gasteiger partial charge in [0.2, 0.25) is 5.91 Å². The largest absolute Gasteiger partial charge is 0.497 e. The smallest absolute Gasteiger partial charge is 0.247 e. The lowest BCUT2D eigenvalue weighted by Crippen LogP contribution is -2.37. The molecular weight excluding hydrogens is 348 g/mol. The highest BCUT2D eigenvalue weighted by Gasteiger charge is 2.48. The first-order valence-corrected chi connectivity index (χ1v) is 10.5. The van der Waals surface area contributed by atoms with Crippen molar-refractivity contribution in [2.75, 3.05) is 18.6 Å². The van der Waals surface area contributed by atoms with Crippen LogP contribution in [0.1, 0.15) is 18.9 Å². The number of amides is 1. The molecule has 2 fully saturated rings. The molecule has 0 aromatic heterocycles. The van der Waals surface area contributed by atoms with Gasteiger partial charge in [-0.15, -0.1) is 0 Å². The number of fused-ring (bicyclic) bond motifs is 1. The molecule has 2 aliphatic heterocycles. The van der Waals surface area contributed by atoms with Crippen molar-refractivity contribution in [3.8, 4) is 5.75 Å². The third kappa shape index (κ3) is 3.59. The molecule has 3 rings (SSSR count). The fourth-order valence-electron chi connectivity index (χ4n) is 2.97. The second-order valence-electron chi connectivity index (χ2n) is 5.92. The van der Waals surface area contributed by atoms with E-state index in [1.807, 2.05) is 29.2 Å². The lowest BCUT2D eigenvalue weighted by molar-refractivity contribution is -0.117. The highest BCUT2D eigenvalue weighted by Crippen LogP contribution is 2.39. The average Bonchev–Trinajstić information content (AvgIpc) is 3.00. The highest BCUT2D eigenvalue weighted by atomic mass is 32.2. The predicted molar refractivity (Wildman–Crippen MR) is 95.1 cm³/mol. The van der Waals surface area contributed by atoms with Crippen LogP contribution >= 0.6 is 11.8 Å². The minimum atomic E-state index is -3.03. The third-order valence-electron chi connectivity index (χ3n) is 4.18. The summed E-state index contributed by atoms with van der Waals surface area (Å²) in [6.07, 6.45) is 0.338. The van der Waals surface area contributed by atoms with Crippen molar-refractivity contribution >= 4 is 32.7 Å². The number of rotatable bonds is 4. The highest BCUT2D eigenvalue weighted by molar-refractivity contribution is 8.15. The van der Waals surface area contributed by atoms with Gasteiger partial charge in [-0.05, 0) is 17.7 Å². The minimum Gasteiger partial charge on any atom is -0.497 e. The van der Waals surface area contributed by atoms with Gasteiger partial charge in [-0.3, -0.25) is 4.79 Å². The monoisotopic (exact) mass is 368 g/mol.